The minimum atomic E-state index is -0.165. The molecule has 0 aliphatic heterocycles. The van der Waals surface area contributed by atoms with Gasteiger partial charge in [0.15, 0.2) is 0 Å². The quantitative estimate of drug-likeness (QED) is 0.834. The Kier molecular flexibility index (Phi) is 3.69. The second kappa shape index (κ2) is 5.06. The van der Waals surface area contributed by atoms with E-state index in [9.17, 15) is 4.79 Å². The lowest BCUT2D eigenvalue weighted by Crippen LogP contribution is -2.12. The highest BCUT2D eigenvalue weighted by Crippen LogP contribution is 2.24. The van der Waals surface area contributed by atoms with Gasteiger partial charge in [0, 0.05) is 15.1 Å². The molecule has 2 aromatic rings. The zero-order valence-corrected chi connectivity index (χ0v) is 12.2. The minimum absolute atomic E-state index is 0.165. The van der Waals surface area contributed by atoms with Crippen molar-refractivity contribution in [3.05, 3.63) is 50.7 Å². The number of anilines is 1. The maximum atomic E-state index is 11.9. The van der Waals surface area contributed by atoms with Gasteiger partial charge in [-0.3, -0.25) is 4.79 Å². The van der Waals surface area contributed by atoms with E-state index >= 15 is 0 Å². The van der Waals surface area contributed by atoms with Crippen molar-refractivity contribution >= 4 is 43.5 Å². The van der Waals surface area contributed by atoms with Crippen LogP contribution in [0.1, 0.15) is 16.1 Å². The normalized spacial score (nSPS) is 10.3. The first-order valence-electron chi connectivity index (χ1n) is 4.97. The molecule has 1 amide bonds. The number of aromatic nitrogens is 1. The molecule has 0 unspecified atom stereocenters. The number of aromatic amines is 1. The van der Waals surface area contributed by atoms with Gasteiger partial charge in [0.05, 0.1) is 5.69 Å². The molecule has 1 aromatic heterocycles. The number of hydrogen-bond acceptors (Lipinski definition) is 1. The van der Waals surface area contributed by atoms with Crippen molar-refractivity contribution in [2.45, 2.75) is 6.92 Å². The molecule has 0 atom stereocenters. The van der Waals surface area contributed by atoms with Crippen LogP contribution in [0.3, 0.4) is 0 Å². The first-order valence-corrected chi connectivity index (χ1v) is 6.56. The lowest BCUT2D eigenvalue weighted by molar-refractivity contribution is 0.102. The number of nitrogens with one attached hydrogen (secondary N) is 2. The molecule has 3 nitrogen and oxygen atoms in total. The first kappa shape index (κ1) is 12.4. The Morgan fingerprint density at radius 1 is 1.29 bits per heavy atom. The van der Waals surface area contributed by atoms with Gasteiger partial charge in [-0.15, -0.1) is 0 Å². The Balaban J connectivity index is 2.21. The SMILES string of the molecule is Cc1ccc(Br)c(NC(=O)c2cc(Br)c[nH]2)c1. The molecule has 0 spiro atoms. The van der Waals surface area contributed by atoms with Gasteiger partial charge in [0.1, 0.15) is 5.69 Å². The lowest BCUT2D eigenvalue weighted by Gasteiger charge is -2.07. The molecule has 1 heterocycles. The van der Waals surface area contributed by atoms with Crippen LogP contribution in [-0.2, 0) is 0 Å². The van der Waals surface area contributed by atoms with Crippen molar-refractivity contribution in [1.29, 1.82) is 0 Å². The number of halogens is 2. The lowest BCUT2D eigenvalue weighted by atomic mass is 10.2. The minimum Gasteiger partial charge on any atom is -0.356 e. The van der Waals surface area contributed by atoms with Crippen molar-refractivity contribution in [2.24, 2.45) is 0 Å². The van der Waals surface area contributed by atoms with E-state index in [1.165, 1.54) is 0 Å². The fourth-order valence-corrected chi connectivity index (χ4v) is 2.11. The molecule has 88 valence electrons. The van der Waals surface area contributed by atoms with E-state index in [1.54, 1.807) is 12.3 Å². The van der Waals surface area contributed by atoms with Crippen LogP contribution in [0.4, 0.5) is 5.69 Å². The molecule has 2 rings (SSSR count). The number of carbonyl (C=O) groups is 1. The maximum Gasteiger partial charge on any atom is 0.272 e. The summed E-state index contributed by atoms with van der Waals surface area (Å²) in [6, 6.07) is 7.54. The number of H-pyrrole nitrogens is 1. The molecule has 0 saturated heterocycles. The molecule has 5 heteroatoms. The van der Waals surface area contributed by atoms with Crippen molar-refractivity contribution in [2.75, 3.05) is 5.32 Å². The Morgan fingerprint density at radius 2 is 2.06 bits per heavy atom. The molecule has 0 radical (unpaired) electrons. The summed E-state index contributed by atoms with van der Waals surface area (Å²) in [4.78, 5) is 14.8. The van der Waals surface area contributed by atoms with Crippen LogP contribution in [-0.4, -0.2) is 10.9 Å². The smallest absolute Gasteiger partial charge is 0.272 e. The Hall–Kier alpha value is -1.07. The van der Waals surface area contributed by atoms with Crippen LogP contribution in [0.15, 0.2) is 39.4 Å². The van der Waals surface area contributed by atoms with E-state index in [2.05, 4.69) is 42.2 Å². The third-order valence-electron chi connectivity index (χ3n) is 2.26. The van der Waals surface area contributed by atoms with Crippen LogP contribution in [0.25, 0.3) is 0 Å². The second-order valence-corrected chi connectivity index (χ2v) is 5.44. The summed E-state index contributed by atoms with van der Waals surface area (Å²) in [5, 5.41) is 2.84. The summed E-state index contributed by atoms with van der Waals surface area (Å²) in [5.74, 6) is -0.165. The standard InChI is InChI=1S/C12H10Br2N2O/c1-7-2-3-9(14)10(4-7)16-12(17)11-5-8(13)6-15-11/h2-6,15H,1H3,(H,16,17). The van der Waals surface area contributed by atoms with Crippen molar-refractivity contribution in [3.8, 4) is 0 Å². The van der Waals surface area contributed by atoms with Crippen molar-refractivity contribution in [1.82, 2.24) is 4.98 Å². The number of rotatable bonds is 2. The highest BCUT2D eigenvalue weighted by atomic mass is 79.9. The highest BCUT2D eigenvalue weighted by molar-refractivity contribution is 9.10. The van der Waals surface area contributed by atoms with Crippen LogP contribution < -0.4 is 5.32 Å². The van der Waals surface area contributed by atoms with E-state index < -0.39 is 0 Å². The van der Waals surface area contributed by atoms with E-state index in [4.69, 9.17) is 0 Å². The largest absolute Gasteiger partial charge is 0.356 e. The van der Waals surface area contributed by atoms with Gasteiger partial charge in [-0.1, -0.05) is 6.07 Å². The average molecular weight is 358 g/mol. The zero-order chi connectivity index (χ0) is 12.4. The fraction of sp³-hybridized carbons (Fsp3) is 0.0833. The van der Waals surface area contributed by atoms with Gasteiger partial charge in [0.2, 0.25) is 0 Å². The van der Waals surface area contributed by atoms with Crippen LogP contribution in [0.2, 0.25) is 0 Å². The molecule has 0 fully saturated rings. The summed E-state index contributed by atoms with van der Waals surface area (Å²) >= 11 is 6.69. The number of hydrogen-bond donors (Lipinski definition) is 2. The predicted molar refractivity (Wildman–Crippen MR) is 75.3 cm³/mol. The Labute approximate surface area is 116 Å². The molecule has 1 aromatic carbocycles. The third kappa shape index (κ3) is 2.98. The van der Waals surface area contributed by atoms with E-state index in [0.29, 0.717) is 5.69 Å². The third-order valence-corrected chi connectivity index (χ3v) is 3.41. The summed E-state index contributed by atoms with van der Waals surface area (Å²) in [6.45, 7) is 1.98. The topological polar surface area (TPSA) is 44.9 Å². The Morgan fingerprint density at radius 3 is 2.71 bits per heavy atom. The zero-order valence-electron chi connectivity index (χ0n) is 9.05. The van der Waals surface area contributed by atoms with Gasteiger partial charge >= 0.3 is 0 Å². The van der Waals surface area contributed by atoms with Crippen molar-refractivity contribution in [3.63, 3.8) is 0 Å². The summed E-state index contributed by atoms with van der Waals surface area (Å²) in [5.41, 5.74) is 2.38. The van der Waals surface area contributed by atoms with E-state index in [0.717, 1.165) is 20.2 Å². The number of carbonyl (C=O) groups excluding carboxylic acids is 1. The molecule has 17 heavy (non-hydrogen) atoms. The molecular formula is C12H10Br2N2O. The van der Waals surface area contributed by atoms with Gasteiger partial charge < -0.3 is 10.3 Å². The monoisotopic (exact) mass is 356 g/mol. The van der Waals surface area contributed by atoms with Crippen LogP contribution >= 0.6 is 31.9 Å². The number of benzene rings is 1. The molecule has 0 bridgehead atoms. The van der Waals surface area contributed by atoms with E-state index in [1.807, 2.05) is 25.1 Å². The molecule has 0 aliphatic rings. The fourth-order valence-electron chi connectivity index (χ4n) is 1.42. The summed E-state index contributed by atoms with van der Waals surface area (Å²) in [7, 11) is 0. The molecule has 0 saturated carbocycles. The second-order valence-electron chi connectivity index (χ2n) is 3.67. The van der Waals surface area contributed by atoms with Gasteiger partial charge in [-0.05, 0) is 62.5 Å². The van der Waals surface area contributed by atoms with Crippen LogP contribution in [0, 0.1) is 6.92 Å². The molecule has 0 aliphatic carbocycles. The molecular weight excluding hydrogens is 348 g/mol. The first-order chi connectivity index (χ1) is 8.06. The van der Waals surface area contributed by atoms with Crippen molar-refractivity contribution < 1.29 is 4.79 Å². The average Bonchev–Trinajstić information content (AvgIpc) is 2.70. The molecule has 2 N–H and O–H groups in total. The predicted octanol–water partition coefficient (Wildman–Crippen LogP) is 4.10. The van der Waals surface area contributed by atoms with Gasteiger partial charge in [0.25, 0.3) is 5.91 Å². The highest BCUT2D eigenvalue weighted by Gasteiger charge is 2.10. The maximum absolute atomic E-state index is 11.9. The Bertz CT molecular complexity index is 563. The van der Waals surface area contributed by atoms with Crippen LogP contribution in [0.5, 0.6) is 0 Å². The van der Waals surface area contributed by atoms with Gasteiger partial charge in [-0.25, -0.2) is 0 Å². The number of amides is 1. The summed E-state index contributed by atoms with van der Waals surface area (Å²) < 4.78 is 1.72. The number of aryl methyl sites for hydroxylation is 1. The van der Waals surface area contributed by atoms with Gasteiger partial charge in [-0.2, -0.15) is 0 Å². The summed E-state index contributed by atoms with van der Waals surface area (Å²) in [6.07, 6.45) is 1.72. The van der Waals surface area contributed by atoms with E-state index in [-0.39, 0.29) is 5.91 Å².